The molecule has 5 nitrogen and oxygen atoms in total. The molecule has 1 aliphatic heterocycles. The summed E-state index contributed by atoms with van der Waals surface area (Å²) < 4.78 is 37.5. The predicted octanol–water partition coefficient (Wildman–Crippen LogP) is 2.84. The van der Waals surface area contributed by atoms with Crippen LogP contribution in [0.3, 0.4) is 0 Å². The number of nitrogens with zero attached hydrogens (tertiary/aromatic N) is 1. The largest absolute Gasteiger partial charge is 0.469 e. The number of likely N-dealkylation sites (tertiary alicyclic amines) is 1. The van der Waals surface area contributed by atoms with Crippen LogP contribution in [0.5, 0.6) is 0 Å². The first kappa shape index (κ1) is 17.2. The minimum Gasteiger partial charge on any atom is -0.469 e. The summed E-state index contributed by atoms with van der Waals surface area (Å²) in [6.07, 6.45) is -1.53. The Balaban J connectivity index is 2.05. The van der Waals surface area contributed by atoms with Crippen LogP contribution in [0.2, 0.25) is 0 Å². The fourth-order valence-electron chi connectivity index (χ4n) is 2.76. The molecule has 1 fully saturated rings. The van der Waals surface area contributed by atoms with Crippen molar-refractivity contribution in [3.8, 4) is 0 Å². The number of rotatable bonds is 3. The molecule has 1 aliphatic rings. The van der Waals surface area contributed by atoms with Gasteiger partial charge in [0.2, 0.25) is 0 Å². The Hall–Kier alpha value is -2.18. The number of piperidine rings is 1. The standard InChI is InChI=1S/C16H19F2NO4/c1-15(13(20)22-2)9-16(17,18)11-19(10-15)14(21)23-8-12-6-4-3-5-7-12/h3-7H,8-11H2,1-2H3. The van der Waals surface area contributed by atoms with Crippen molar-refractivity contribution in [2.24, 2.45) is 5.41 Å². The summed E-state index contributed by atoms with van der Waals surface area (Å²) in [4.78, 5) is 24.7. The molecule has 1 atom stereocenters. The molecule has 1 aromatic carbocycles. The monoisotopic (exact) mass is 327 g/mol. The highest BCUT2D eigenvalue weighted by Gasteiger charge is 2.52. The van der Waals surface area contributed by atoms with E-state index in [1.165, 1.54) is 6.92 Å². The van der Waals surface area contributed by atoms with Crippen LogP contribution in [0.25, 0.3) is 0 Å². The number of alkyl halides is 2. The molecule has 7 heteroatoms. The Morgan fingerprint density at radius 2 is 1.87 bits per heavy atom. The van der Waals surface area contributed by atoms with Crippen molar-refractivity contribution in [2.75, 3.05) is 20.2 Å². The molecule has 0 radical (unpaired) electrons. The minimum atomic E-state index is -3.17. The molecule has 1 aromatic rings. The average Bonchev–Trinajstić information content (AvgIpc) is 2.50. The summed E-state index contributed by atoms with van der Waals surface area (Å²) in [6.45, 7) is 0.413. The summed E-state index contributed by atoms with van der Waals surface area (Å²) in [7, 11) is 1.14. The Kier molecular flexibility index (Phi) is 4.87. The fourth-order valence-corrected chi connectivity index (χ4v) is 2.76. The first-order valence-electron chi connectivity index (χ1n) is 7.18. The molecule has 0 N–H and O–H groups in total. The first-order chi connectivity index (χ1) is 10.8. The fraction of sp³-hybridized carbons (Fsp3) is 0.500. The Labute approximate surface area is 133 Å². The molecular weight excluding hydrogens is 308 g/mol. The van der Waals surface area contributed by atoms with Gasteiger partial charge in [-0.3, -0.25) is 4.79 Å². The Morgan fingerprint density at radius 1 is 1.22 bits per heavy atom. The molecule has 1 saturated heterocycles. The van der Waals surface area contributed by atoms with Crippen molar-refractivity contribution in [3.63, 3.8) is 0 Å². The molecule has 0 bridgehead atoms. The molecule has 0 aromatic heterocycles. The van der Waals surface area contributed by atoms with E-state index in [-0.39, 0.29) is 13.2 Å². The third-order valence-corrected chi connectivity index (χ3v) is 3.75. The summed E-state index contributed by atoms with van der Waals surface area (Å²) in [5.74, 6) is -3.94. The van der Waals surface area contributed by atoms with Crippen molar-refractivity contribution < 1.29 is 27.8 Å². The first-order valence-corrected chi connectivity index (χ1v) is 7.18. The van der Waals surface area contributed by atoms with E-state index in [4.69, 9.17) is 4.74 Å². The number of hydrogen-bond donors (Lipinski definition) is 0. The number of amides is 1. The van der Waals surface area contributed by atoms with E-state index in [1.54, 1.807) is 24.3 Å². The van der Waals surface area contributed by atoms with Crippen molar-refractivity contribution >= 4 is 12.1 Å². The number of carbonyl (C=O) groups excluding carboxylic acids is 2. The highest BCUT2D eigenvalue weighted by molar-refractivity contribution is 5.78. The molecule has 1 unspecified atom stereocenters. The van der Waals surface area contributed by atoms with Crippen LogP contribution >= 0.6 is 0 Å². The summed E-state index contributed by atoms with van der Waals surface area (Å²) >= 11 is 0. The summed E-state index contributed by atoms with van der Waals surface area (Å²) in [5.41, 5.74) is -0.706. The zero-order valence-electron chi connectivity index (χ0n) is 13.1. The van der Waals surface area contributed by atoms with Crippen LogP contribution in [0, 0.1) is 5.41 Å². The van der Waals surface area contributed by atoms with Gasteiger partial charge in [0.15, 0.2) is 0 Å². The number of ether oxygens (including phenoxy) is 2. The molecule has 2 rings (SSSR count). The smallest absolute Gasteiger partial charge is 0.410 e. The van der Waals surface area contributed by atoms with Crippen LogP contribution in [-0.4, -0.2) is 43.1 Å². The van der Waals surface area contributed by atoms with E-state index in [9.17, 15) is 18.4 Å². The highest BCUT2D eigenvalue weighted by atomic mass is 19.3. The van der Waals surface area contributed by atoms with Crippen LogP contribution in [0.4, 0.5) is 13.6 Å². The van der Waals surface area contributed by atoms with E-state index < -0.39 is 36.4 Å². The SMILES string of the molecule is COC(=O)C1(C)CN(C(=O)OCc2ccccc2)CC(F)(F)C1. The lowest BCUT2D eigenvalue weighted by Gasteiger charge is -2.41. The number of esters is 1. The molecule has 0 aliphatic carbocycles. The van der Waals surface area contributed by atoms with Crippen LogP contribution in [0.1, 0.15) is 18.9 Å². The van der Waals surface area contributed by atoms with E-state index >= 15 is 0 Å². The van der Waals surface area contributed by atoms with Crippen LogP contribution in [0.15, 0.2) is 30.3 Å². The van der Waals surface area contributed by atoms with Crippen molar-refractivity contribution in [1.29, 1.82) is 0 Å². The minimum absolute atomic E-state index is 0.0172. The lowest BCUT2D eigenvalue weighted by molar-refractivity contribution is -0.168. The quantitative estimate of drug-likeness (QED) is 0.801. The lowest BCUT2D eigenvalue weighted by atomic mass is 9.80. The lowest BCUT2D eigenvalue weighted by Crippen LogP contribution is -2.56. The van der Waals surface area contributed by atoms with Crippen LogP contribution < -0.4 is 0 Å². The molecule has 1 heterocycles. The summed E-state index contributed by atoms with van der Waals surface area (Å²) in [6, 6.07) is 8.91. The van der Waals surface area contributed by atoms with Crippen molar-refractivity contribution in [1.82, 2.24) is 4.90 Å². The van der Waals surface area contributed by atoms with E-state index in [1.807, 2.05) is 6.07 Å². The molecule has 1 amide bonds. The molecule has 0 spiro atoms. The van der Waals surface area contributed by atoms with E-state index in [0.29, 0.717) is 0 Å². The average molecular weight is 327 g/mol. The zero-order chi connectivity index (χ0) is 17.1. The van der Waals surface area contributed by atoms with E-state index in [0.717, 1.165) is 17.6 Å². The normalized spacial score (nSPS) is 23.2. The Bertz CT molecular complexity index is 579. The maximum absolute atomic E-state index is 13.9. The topological polar surface area (TPSA) is 55.8 Å². The van der Waals surface area contributed by atoms with Gasteiger partial charge in [0.25, 0.3) is 5.92 Å². The van der Waals surface area contributed by atoms with Gasteiger partial charge in [-0.15, -0.1) is 0 Å². The molecule has 23 heavy (non-hydrogen) atoms. The van der Waals surface area contributed by atoms with Gasteiger partial charge in [-0.05, 0) is 12.5 Å². The highest BCUT2D eigenvalue weighted by Crippen LogP contribution is 2.39. The van der Waals surface area contributed by atoms with Gasteiger partial charge >= 0.3 is 12.1 Å². The second-order valence-electron chi connectivity index (χ2n) is 5.98. The van der Waals surface area contributed by atoms with E-state index in [2.05, 4.69) is 4.74 Å². The molecule has 126 valence electrons. The maximum atomic E-state index is 13.9. The third kappa shape index (κ3) is 4.18. The van der Waals surface area contributed by atoms with Gasteiger partial charge in [0.05, 0.1) is 19.1 Å². The maximum Gasteiger partial charge on any atom is 0.410 e. The van der Waals surface area contributed by atoms with Crippen molar-refractivity contribution in [3.05, 3.63) is 35.9 Å². The second-order valence-corrected chi connectivity index (χ2v) is 5.98. The van der Waals surface area contributed by atoms with Gasteiger partial charge in [-0.1, -0.05) is 30.3 Å². The number of methoxy groups -OCH3 is 1. The molecule has 0 saturated carbocycles. The number of hydrogen-bond acceptors (Lipinski definition) is 4. The van der Waals surface area contributed by atoms with Gasteiger partial charge in [-0.25, -0.2) is 13.6 Å². The van der Waals surface area contributed by atoms with Gasteiger partial charge in [-0.2, -0.15) is 0 Å². The third-order valence-electron chi connectivity index (χ3n) is 3.75. The van der Waals surface area contributed by atoms with Gasteiger partial charge in [0.1, 0.15) is 6.61 Å². The second kappa shape index (κ2) is 6.52. The van der Waals surface area contributed by atoms with Gasteiger partial charge in [0, 0.05) is 13.0 Å². The van der Waals surface area contributed by atoms with Crippen molar-refractivity contribution in [2.45, 2.75) is 25.9 Å². The Morgan fingerprint density at radius 3 is 2.48 bits per heavy atom. The van der Waals surface area contributed by atoms with Gasteiger partial charge < -0.3 is 14.4 Å². The summed E-state index contributed by atoms with van der Waals surface area (Å²) in [5, 5.41) is 0. The number of carbonyl (C=O) groups is 2. The zero-order valence-corrected chi connectivity index (χ0v) is 13.1. The number of halogens is 2. The van der Waals surface area contributed by atoms with Crippen LogP contribution in [-0.2, 0) is 20.9 Å². The predicted molar refractivity (Wildman–Crippen MR) is 77.9 cm³/mol. The molecular formula is C16H19F2NO4. The number of benzene rings is 1.